The first-order chi connectivity index (χ1) is 11.7. The highest BCUT2D eigenvalue weighted by Gasteiger charge is 2.28. The van der Waals surface area contributed by atoms with Crippen molar-refractivity contribution in [2.75, 3.05) is 11.9 Å². The quantitative estimate of drug-likeness (QED) is 0.770. The van der Waals surface area contributed by atoms with Crippen LogP contribution in [0.15, 0.2) is 46.9 Å². The van der Waals surface area contributed by atoms with Crippen molar-refractivity contribution in [3.05, 3.63) is 53.9 Å². The molecule has 0 atom stereocenters. The highest BCUT2D eigenvalue weighted by atomic mass is 16.5. The summed E-state index contributed by atoms with van der Waals surface area (Å²) in [6.45, 7) is 1.91. The highest BCUT2D eigenvalue weighted by Crippen LogP contribution is 2.40. The van der Waals surface area contributed by atoms with Crippen molar-refractivity contribution in [3.63, 3.8) is 0 Å². The molecule has 0 bridgehead atoms. The summed E-state index contributed by atoms with van der Waals surface area (Å²) in [5.74, 6) is 1.78. The molecule has 3 aromatic rings. The summed E-state index contributed by atoms with van der Waals surface area (Å²) in [4.78, 5) is 16.6. The number of carbonyl (C=O) groups excluding carboxylic acids is 1. The van der Waals surface area contributed by atoms with Crippen LogP contribution in [0.2, 0.25) is 0 Å². The van der Waals surface area contributed by atoms with Crippen LogP contribution in [0.25, 0.3) is 11.1 Å². The summed E-state index contributed by atoms with van der Waals surface area (Å²) in [7, 11) is 0. The van der Waals surface area contributed by atoms with Gasteiger partial charge in [-0.15, -0.1) is 0 Å². The van der Waals surface area contributed by atoms with Crippen LogP contribution in [0.4, 0.5) is 5.69 Å². The highest BCUT2D eigenvalue weighted by molar-refractivity contribution is 5.93. The standard InChI is InChI=1S/C19H18N2O3/c1-12-4-2-3-5-16(12)23-11-18(22)20-14-8-9-17-15(10-14)21-19(24-17)13-6-7-13/h2-5,8-10,13H,6-7,11H2,1H3,(H,20,22). The number of anilines is 1. The van der Waals surface area contributed by atoms with Crippen molar-refractivity contribution in [1.29, 1.82) is 0 Å². The molecule has 5 nitrogen and oxygen atoms in total. The fourth-order valence-electron chi connectivity index (χ4n) is 2.59. The van der Waals surface area contributed by atoms with Crippen LogP contribution in [0.3, 0.4) is 0 Å². The maximum Gasteiger partial charge on any atom is 0.262 e. The molecule has 0 unspecified atom stereocenters. The third-order valence-electron chi connectivity index (χ3n) is 4.07. The van der Waals surface area contributed by atoms with Gasteiger partial charge in [0.2, 0.25) is 0 Å². The molecule has 1 saturated carbocycles. The molecule has 2 aromatic carbocycles. The second-order valence-electron chi connectivity index (χ2n) is 6.11. The van der Waals surface area contributed by atoms with E-state index in [1.54, 1.807) is 0 Å². The van der Waals surface area contributed by atoms with Crippen molar-refractivity contribution < 1.29 is 13.9 Å². The van der Waals surface area contributed by atoms with Gasteiger partial charge in [-0.25, -0.2) is 4.98 Å². The van der Waals surface area contributed by atoms with Crippen LogP contribution < -0.4 is 10.1 Å². The van der Waals surface area contributed by atoms with E-state index in [9.17, 15) is 4.79 Å². The number of nitrogens with zero attached hydrogens (tertiary/aromatic N) is 1. The summed E-state index contributed by atoms with van der Waals surface area (Å²) in [6.07, 6.45) is 2.29. The molecule has 122 valence electrons. The van der Waals surface area contributed by atoms with Gasteiger partial charge in [-0.3, -0.25) is 4.79 Å². The van der Waals surface area contributed by atoms with Crippen molar-refractivity contribution >= 4 is 22.7 Å². The number of aromatic nitrogens is 1. The van der Waals surface area contributed by atoms with Gasteiger partial charge in [0.25, 0.3) is 5.91 Å². The second-order valence-corrected chi connectivity index (χ2v) is 6.11. The summed E-state index contributed by atoms with van der Waals surface area (Å²) in [5, 5.41) is 2.83. The molecule has 0 saturated heterocycles. The Morgan fingerprint density at radius 3 is 2.92 bits per heavy atom. The lowest BCUT2D eigenvalue weighted by Gasteiger charge is -2.09. The lowest BCUT2D eigenvalue weighted by Crippen LogP contribution is -2.20. The van der Waals surface area contributed by atoms with Gasteiger partial charge in [0, 0.05) is 11.6 Å². The molecule has 1 amide bonds. The largest absolute Gasteiger partial charge is 0.483 e. The number of ether oxygens (including phenoxy) is 1. The molecule has 1 aliphatic rings. The normalized spacial score (nSPS) is 13.9. The molecule has 0 aliphatic heterocycles. The molecular formula is C19H18N2O3. The SMILES string of the molecule is Cc1ccccc1OCC(=O)Nc1ccc2oc(C3CC3)nc2c1. The lowest BCUT2D eigenvalue weighted by atomic mass is 10.2. The summed E-state index contributed by atoms with van der Waals surface area (Å²) in [6, 6.07) is 13.1. The minimum Gasteiger partial charge on any atom is -0.483 e. The first-order valence-electron chi connectivity index (χ1n) is 8.08. The molecule has 24 heavy (non-hydrogen) atoms. The van der Waals surface area contributed by atoms with Gasteiger partial charge in [-0.05, 0) is 49.6 Å². The molecule has 0 radical (unpaired) electrons. The third kappa shape index (κ3) is 3.11. The zero-order chi connectivity index (χ0) is 16.5. The van der Waals surface area contributed by atoms with Gasteiger partial charge in [-0.1, -0.05) is 18.2 Å². The number of rotatable bonds is 5. The Morgan fingerprint density at radius 2 is 2.12 bits per heavy atom. The number of benzene rings is 2. The Balaban J connectivity index is 1.41. The number of para-hydroxylation sites is 1. The number of oxazole rings is 1. The molecule has 5 heteroatoms. The van der Waals surface area contributed by atoms with Crippen molar-refractivity contribution in [2.24, 2.45) is 0 Å². The topological polar surface area (TPSA) is 64.4 Å². The Hall–Kier alpha value is -2.82. The van der Waals surface area contributed by atoms with E-state index in [0.717, 1.165) is 35.4 Å². The molecule has 1 aliphatic carbocycles. The van der Waals surface area contributed by atoms with E-state index in [1.165, 1.54) is 0 Å². The van der Waals surface area contributed by atoms with Crippen LogP contribution in [0, 0.1) is 6.92 Å². The van der Waals surface area contributed by atoms with Crippen LogP contribution in [-0.4, -0.2) is 17.5 Å². The zero-order valence-electron chi connectivity index (χ0n) is 13.4. The van der Waals surface area contributed by atoms with Crippen LogP contribution in [0.1, 0.15) is 30.2 Å². The van der Waals surface area contributed by atoms with Crippen LogP contribution >= 0.6 is 0 Å². The van der Waals surface area contributed by atoms with Crippen molar-refractivity contribution in [1.82, 2.24) is 4.98 Å². The predicted molar refractivity (Wildman–Crippen MR) is 91.3 cm³/mol. The average Bonchev–Trinajstić information content (AvgIpc) is 3.34. The number of carbonyl (C=O) groups is 1. The lowest BCUT2D eigenvalue weighted by molar-refractivity contribution is -0.118. The Morgan fingerprint density at radius 1 is 1.29 bits per heavy atom. The Labute approximate surface area is 139 Å². The van der Waals surface area contributed by atoms with Gasteiger partial charge in [-0.2, -0.15) is 0 Å². The molecule has 0 spiro atoms. The third-order valence-corrected chi connectivity index (χ3v) is 4.07. The first kappa shape index (κ1) is 14.8. The molecule has 4 rings (SSSR count). The molecule has 1 aromatic heterocycles. The van der Waals surface area contributed by atoms with E-state index in [1.807, 2.05) is 49.4 Å². The summed E-state index contributed by atoms with van der Waals surface area (Å²) < 4.78 is 11.3. The van der Waals surface area contributed by atoms with E-state index in [2.05, 4.69) is 10.3 Å². The van der Waals surface area contributed by atoms with Crippen LogP contribution in [-0.2, 0) is 4.79 Å². The predicted octanol–water partition coefficient (Wildman–Crippen LogP) is 4.03. The van der Waals surface area contributed by atoms with Gasteiger partial charge < -0.3 is 14.5 Å². The van der Waals surface area contributed by atoms with E-state index >= 15 is 0 Å². The van der Waals surface area contributed by atoms with Crippen molar-refractivity contribution in [2.45, 2.75) is 25.7 Å². The van der Waals surface area contributed by atoms with Crippen LogP contribution in [0.5, 0.6) is 5.75 Å². The monoisotopic (exact) mass is 322 g/mol. The molecular weight excluding hydrogens is 304 g/mol. The number of fused-ring (bicyclic) bond motifs is 1. The number of aryl methyl sites for hydroxylation is 1. The smallest absolute Gasteiger partial charge is 0.262 e. The fourth-order valence-corrected chi connectivity index (χ4v) is 2.59. The fraction of sp³-hybridized carbons (Fsp3) is 0.263. The zero-order valence-corrected chi connectivity index (χ0v) is 13.4. The molecule has 1 heterocycles. The number of hydrogen-bond donors (Lipinski definition) is 1. The Bertz CT molecular complexity index is 897. The van der Waals surface area contributed by atoms with E-state index < -0.39 is 0 Å². The van der Waals surface area contributed by atoms with Crippen molar-refractivity contribution in [3.8, 4) is 5.75 Å². The minimum absolute atomic E-state index is 0.0327. The summed E-state index contributed by atoms with van der Waals surface area (Å²) in [5.41, 5.74) is 3.22. The number of hydrogen-bond acceptors (Lipinski definition) is 4. The van der Waals surface area contributed by atoms with E-state index in [4.69, 9.17) is 9.15 Å². The number of nitrogens with one attached hydrogen (secondary N) is 1. The van der Waals surface area contributed by atoms with E-state index in [0.29, 0.717) is 17.4 Å². The number of amides is 1. The molecule has 1 N–H and O–H groups in total. The van der Waals surface area contributed by atoms with E-state index in [-0.39, 0.29) is 12.5 Å². The second kappa shape index (κ2) is 6.00. The minimum atomic E-state index is -0.205. The van der Waals surface area contributed by atoms with Gasteiger partial charge >= 0.3 is 0 Å². The maximum absolute atomic E-state index is 12.1. The molecule has 1 fully saturated rings. The Kier molecular flexibility index (Phi) is 3.69. The maximum atomic E-state index is 12.1. The summed E-state index contributed by atoms with van der Waals surface area (Å²) >= 11 is 0. The average molecular weight is 322 g/mol. The van der Waals surface area contributed by atoms with Gasteiger partial charge in [0.05, 0.1) is 0 Å². The first-order valence-corrected chi connectivity index (χ1v) is 8.08. The van der Waals surface area contributed by atoms with Gasteiger partial charge in [0.1, 0.15) is 11.3 Å². The van der Waals surface area contributed by atoms with Gasteiger partial charge in [0.15, 0.2) is 18.1 Å².